The molecule has 0 saturated heterocycles. The minimum atomic E-state index is -0.521. The van der Waals surface area contributed by atoms with Crippen molar-refractivity contribution >= 4 is 39.6 Å². The van der Waals surface area contributed by atoms with E-state index in [-0.39, 0.29) is 18.8 Å². The van der Waals surface area contributed by atoms with Crippen molar-refractivity contribution in [2.45, 2.75) is 27.7 Å². The zero-order valence-corrected chi connectivity index (χ0v) is 20.0. The lowest BCUT2D eigenvalue weighted by Crippen LogP contribution is -2.15. The number of carbonyl (C=O) groups excluding carboxylic acids is 2. The van der Waals surface area contributed by atoms with Gasteiger partial charge in [0.25, 0.3) is 5.91 Å². The number of esters is 1. The van der Waals surface area contributed by atoms with Crippen molar-refractivity contribution in [1.82, 2.24) is 0 Å². The molecular formula is C24H25BrN2O5. The molecule has 0 bridgehead atoms. The van der Waals surface area contributed by atoms with Gasteiger partial charge in [0.05, 0.1) is 13.2 Å². The van der Waals surface area contributed by atoms with Crippen LogP contribution in [0.3, 0.4) is 0 Å². The summed E-state index contributed by atoms with van der Waals surface area (Å²) in [4.78, 5) is 24.3. The van der Waals surface area contributed by atoms with Crippen LogP contribution in [0.25, 0.3) is 6.08 Å². The fourth-order valence-corrected chi connectivity index (χ4v) is 3.27. The highest BCUT2D eigenvalue weighted by Gasteiger charge is 2.15. The van der Waals surface area contributed by atoms with E-state index in [0.29, 0.717) is 33.8 Å². The molecule has 168 valence electrons. The van der Waals surface area contributed by atoms with E-state index in [4.69, 9.17) is 14.2 Å². The Morgan fingerprint density at radius 2 is 1.81 bits per heavy atom. The van der Waals surface area contributed by atoms with Crippen molar-refractivity contribution < 1.29 is 23.8 Å². The summed E-state index contributed by atoms with van der Waals surface area (Å²) in [6.07, 6.45) is 1.46. The molecule has 0 atom stereocenters. The first kappa shape index (κ1) is 25.0. The maximum atomic E-state index is 12.7. The number of anilines is 1. The van der Waals surface area contributed by atoms with Gasteiger partial charge >= 0.3 is 5.97 Å². The van der Waals surface area contributed by atoms with Crippen LogP contribution in [0.1, 0.15) is 30.5 Å². The molecule has 0 radical (unpaired) electrons. The average molecular weight is 501 g/mol. The Morgan fingerprint density at radius 1 is 1.09 bits per heavy atom. The Bertz CT molecular complexity index is 1070. The molecule has 0 aliphatic rings. The zero-order valence-electron chi connectivity index (χ0n) is 18.5. The van der Waals surface area contributed by atoms with E-state index in [1.165, 1.54) is 6.08 Å². The molecule has 0 aliphatic heterocycles. The SMILES string of the molecule is CCOC(=O)COc1cc(Br)c(/C=C(\C#N)C(=O)Nc2ccc(C)cc2C)cc1OCC. The minimum Gasteiger partial charge on any atom is -0.490 e. The van der Waals surface area contributed by atoms with E-state index in [2.05, 4.69) is 21.2 Å². The predicted octanol–water partition coefficient (Wildman–Crippen LogP) is 4.95. The standard InChI is InChI=1S/C24H25BrN2O5/c1-5-30-21-11-17(19(25)12-22(21)32-14-23(28)31-6-2)10-18(13-26)24(29)27-20-8-7-15(3)9-16(20)4/h7-12H,5-6,14H2,1-4H3,(H,27,29)/b18-10+. The summed E-state index contributed by atoms with van der Waals surface area (Å²) >= 11 is 3.43. The fraction of sp³-hybridized carbons (Fsp3) is 0.292. The lowest BCUT2D eigenvalue weighted by atomic mass is 10.1. The third-order valence-corrected chi connectivity index (χ3v) is 5.00. The van der Waals surface area contributed by atoms with Crippen LogP contribution < -0.4 is 14.8 Å². The molecule has 0 spiro atoms. The molecule has 0 fully saturated rings. The summed E-state index contributed by atoms with van der Waals surface area (Å²) in [7, 11) is 0. The fourth-order valence-electron chi connectivity index (χ4n) is 2.83. The van der Waals surface area contributed by atoms with Gasteiger partial charge in [-0.2, -0.15) is 5.26 Å². The van der Waals surface area contributed by atoms with Gasteiger partial charge in [-0.25, -0.2) is 4.79 Å². The van der Waals surface area contributed by atoms with Crippen LogP contribution in [-0.2, 0) is 14.3 Å². The van der Waals surface area contributed by atoms with E-state index in [9.17, 15) is 14.9 Å². The van der Waals surface area contributed by atoms with Gasteiger partial charge in [-0.05, 0) is 63.1 Å². The molecular weight excluding hydrogens is 476 g/mol. The Kier molecular flexibility index (Phi) is 9.29. The number of nitrogens with zero attached hydrogens (tertiary/aromatic N) is 1. The second-order valence-corrected chi connectivity index (χ2v) is 7.64. The molecule has 0 aliphatic carbocycles. The van der Waals surface area contributed by atoms with Crippen molar-refractivity contribution in [3.63, 3.8) is 0 Å². The van der Waals surface area contributed by atoms with Crippen molar-refractivity contribution in [1.29, 1.82) is 5.26 Å². The summed E-state index contributed by atoms with van der Waals surface area (Å²) < 4.78 is 16.6. The number of amides is 1. The number of halogens is 1. The number of aryl methyl sites for hydroxylation is 2. The molecule has 1 N–H and O–H groups in total. The molecule has 0 unspecified atom stereocenters. The topological polar surface area (TPSA) is 97.7 Å². The predicted molar refractivity (Wildman–Crippen MR) is 126 cm³/mol. The molecule has 1 amide bonds. The molecule has 0 heterocycles. The zero-order chi connectivity index (χ0) is 23.7. The highest BCUT2D eigenvalue weighted by molar-refractivity contribution is 9.10. The summed E-state index contributed by atoms with van der Waals surface area (Å²) in [6, 6.07) is 10.8. The van der Waals surface area contributed by atoms with Gasteiger partial charge in [-0.1, -0.05) is 33.6 Å². The number of carbonyl (C=O) groups is 2. The van der Waals surface area contributed by atoms with Gasteiger partial charge in [-0.15, -0.1) is 0 Å². The highest BCUT2D eigenvalue weighted by atomic mass is 79.9. The number of nitriles is 1. The number of hydrogen-bond donors (Lipinski definition) is 1. The molecule has 0 aromatic heterocycles. The van der Waals surface area contributed by atoms with Crippen molar-refractivity contribution in [2.75, 3.05) is 25.1 Å². The average Bonchev–Trinajstić information content (AvgIpc) is 2.74. The molecule has 7 nitrogen and oxygen atoms in total. The number of benzene rings is 2. The van der Waals surface area contributed by atoms with Crippen LogP contribution in [0.15, 0.2) is 40.4 Å². The van der Waals surface area contributed by atoms with Gasteiger partial charge in [0.1, 0.15) is 11.6 Å². The largest absolute Gasteiger partial charge is 0.490 e. The van der Waals surface area contributed by atoms with E-state index < -0.39 is 11.9 Å². The van der Waals surface area contributed by atoms with Gasteiger partial charge in [0.15, 0.2) is 18.1 Å². The van der Waals surface area contributed by atoms with Crippen molar-refractivity contribution in [3.05, 3.63) is 57.1 Å². The second-order valence-electron chi connectivity index (χ2n) is 6.79. The number of hydrogen-bond acceptors (Lipinski definition) is 6. The van der Waals surface area contributed by atoms with Crippen molar-refractivity contribution in [3.8, 4) is 17.6 Å². The Morgan fingerprint density at radius 3 is 2.44 bits per heavy atom. The van der Waals surface area contributed by atoms with Crippen LogP contribution in [0.2, 0.25) is 0 Å². The summed E-state index contributed by atoms with van der Waals surface area (Å²) in [5.74, 6) is -0.308. The Balaban J connectivity index is 2.31. The van der Waals surface area contributed by atoms with Crippen LogP contribution in [0.5, 0.6) is 11.5 Å². The first-order chi connectivity index (χ1) is 15.3. The normalized spacial score (nSPS) is 10.8. The third kappa shape index (κ3) is 6.86. The van der Waals surface area contributed by atoms with Gasteiger partial charge in [-0.3, -0.25) is 4.79 Å². The maximum absolute atomic E-state index is 12.7. The van der Waals surface area contributed by atoms with Crippen molar-refractivity contribution in [2.24, 2.45) is 0 Å². The van der Waals surface area contributed by atoms with E-state index >= 15 is 0 Å². The number of nitrogens with one attached hydrogen (secondary N) is 1. The monoisotopic (exact) mass is 500 g/mol. The Hall–Kier alpha value is -3.31. The van der Waals surface area contributed by atoms with Gasteiger partial charge in [0.2, 0.25) is 0 Å². The van der Waals surface area contributed by atoms with Crippen LogP contribution in [-0.4, -0.2) is 31.7 Å². The maximum Gasteiger partial charge on any atom is 0.344 e. The minimum absolute atomic E-state index is 0.0756. The van der Waals surface area contributed by atoms with Crippen LogP contribution >= 0.6 is 15.9 Å². The molecule has 32 heavy (non-hydrogen) atoms. The molecule has 2 rings (SSSR count). The molecule has 0 saturated carbocycles. The number of rotatable bonds is 9. The van der Waals surface area contributed by atoms with E-state index in [1.54, 1.807) is 25.1 Å². The van der Waals surface area contributed by atoms with Gasteiger partial charge in [0, 0.05) is 10.2 Å². The highest BCUT2D eigenvalue weighted by Crippen LogP contribution is 2.35. The number of ether oxygens (including phenoxy) is 3. The first-order valence-corrected chi connectivity index (χ1v) is 10.8. The van der Waals surface area contributed by atoms with E-state index in [1.807, 2.05) is 39.0 Å². The second kappa shape index (κ2) is 11.9. The van der Waals surface area contributed by atoms with Gasteiger partial charge < -0.3 is 19.5 Å². The van der Waals surface area contributed by atoms with E-state index in [0.717, 1.165) is 11.1 Å². The molecule has 2 aromatic rings. The lowest BCUT2D eigenvalue weighted by Gasteiger charge is -2.14. The Labute approximate surface area is 196 Å². The summed E-state index contributed by atoms with van der Waals surface area (Å²) in [5, 5.41) is 12.3. The quantitative estimate of drug-likeness (QED) is 0.297. The summed E-state index contributed by atoms with van der Waals surface area (Å²) in [5.41, 5.74) is 3.09. The summed E-state index contributed by atoms with van der Waals surface area (Å²) in [6.45, 7) is 7.73. The lowest BCUT2D eigenvalue weighted by molar-refractivity contribution is -0.145. The molecule has 8 heteroatoms. The smallest absolute Gasteiger partial charge is 0.344 e. The van der Waals surface area contributed by atoms with Crippen LogP contribution in [0, 0.1) is 25.2 Å². The molecule has 2 aromatic carbocycles. The van der Waals surface area contributed by atoms with Crippen LogP contribution in [0.4, 0.5) is 5.69 Å². The first-order valence-electron chi connectivity index (χ1n) is 10.0. The third-order valence-electron chi connectivity index (χ3n) is 4.31.